The van der Waals surface area contributed by atoms with Crippen LogP contribution in [0.25, 0.3) is 22.3 Å². The summed E-state index contributed by atoms with van der Waals surface area (Å²) in [4.78, 5) is 24.9. The number of amides is 1. The summed E-state index contributed by atoms with van der Waals surface area (Å²) in [6.45, 7) is 0. The summed E-state index contributed by atoms with van der Waals surface area (Å²) < 4.78 is 8.96. The highest BCUT2D eigenvalue weighted by atomic mass is 32.1. The van der Waals surface area contributed by atoms with E-state index in [1.54, 1.807) is 41.8 Å². The Bertz CT molecular complexity index is 1250. The van der Waals surface area contributed by atoms with Gasteiger partial charge in [-0.25, -0.2) is 15.0 Å². The van der Waals surface area contributed by atoms with Gasteiger partial charge in [0.1, 0.15) is 30.0 Å². The lowest BCUT2D eigenvalue weighted by atomic mass is 10.1. The molecule has 0 aliphatic carbocycles. The molecule has 1 aliphatic heterocycles. The van der Waals surface area contributed by atoms with Crippen LogP contribution >= 0.6 is 11.3 Å². The van der Waals surface area contributed by atoms with Gasteiger partial charge in [-0.1, -0.05) is 0 Å². The number of nitrogen functional groups attached to an aromatic ring is 1. The van der Waals surface area contributed by atoms with E-state index in [1.165, 1.54) is 22.2 Å². The normalized spacial score (nSPS) is 23.5. The van der Waals surface area contributed by atoms with Gasteiger partial charge in [-0.3, -0.25) is 14.8 Å². The number of aryl methyl sites for hydroxylation is 1. The lowest BCUT2D eigenvalue weighted by Gasteiger charge is -2.17. The maximum Gasteiger partial charge on any atom is 0.258 e. The van der Waals surface area contributed by atoms with Gasteiger partial charge in [0, 0.05) is 36.6 Å². The average Bonchev–Trinajstić information content (AvgIpc) is 3.51. The molecule has 1 fully saturated rings. The fraction of sp³-hybridized carbons (Fsp3) is 0.278. The van der Waals surface area contributed by atoms with Crippen molar-refractivity contribution in [2.45, 2.75) is 24.5 Å². The van der Waals surface area contributed by atoms with Crippen LogP contribution in [0.5, 0.6) is 0 Å². The first kappa shape index (κ1) is 19.6. The van der Waals surface area contributed by atoms with Gasteiger partial charge in [-0.2, -0.15) is 5.10 Å². The van der Waals surface area contributed by atoms with Gasteiger partial charge in [0.2, 0.25) is 0 Å². The first-order valence-electron chi connectivity index (χ1n) is 9.27. The van der Waals surface area contributed by atoms with E-state index >= 15 is 0 Å². The number of thiazole rings is 1. The summed E-state index contributed by atoms with van der Waals surface area (Å²) in [5.74, 6) is -0.380. The van der Waals surface area contributed by atoms with Crippen molar-refractivity contribution >= 4 is 39.2 Å². The number of hydrogen-bond donors (Lipinski definition) is 4. The highest BCUT2D eigenvalue weighted by Gasteiger charge is 2.48. The molecule has 12 nitrogen and oxygen atoms in total. The Labute approximate surface area is 178 Å². The first-order valence-corrected chi connectivity index (χ1v) is 10.1. The number of aromatic nitrogens is 6. The Kier molecular flexibility index (Phi) is 4.66. The number of rotatable bonds is 4. The van der Waals surface area contributed by atoms with E-state index in [-0.39, 0.29) is 5.82 Å². The Morgan fingerprint density at radius 1 is 1.29 bits per heavy atom. The van der Waals surface area contributed by atoms with Gasteiger partial charge in [0.15, 0.2) is 17.5 Å². The fourth-order valence-electron chi connectivity index (χ4n) is 3.62. The summed E-state index contributed by atoms with van der Waals surface area (Å²) in [7, 11) is 1.79. The topological polar surface area (TPSA) is 166 Å². The molecule has 31 heavy (non-hydrogen) atoms. The van der Waals surface area contributed by atoms with E-state index in [0.29, 0.717) is 27.4 Å². The van der Waals surface area contributed by atoms with Crippen LogP contribution in [0.4, 0.5) is 10.9 Å². The van der Waals surface area contributed by atoms with Crippen molar-refractivity contribution in [3.8, 4) is 11.3 Å². The molecule has 160 valence electrons. The molecule has 0 spiro atoms. The summed E-state index contributed by atoms with van der Waals surface area (Å²) in [5.41, 5.74) is 7.74. The lowest BCUT2D eigenvalue weighted by molar-refractivity contribution is -0.132. The second-order valence-corrected chi connectivity index (χ2v) is 7.93. The highest BCUT2D eigenvalue weighted by molar-refractivity contribution is 7.13. The molecular weight excluding hydrogens is 424 g/mol. The van der Waals surface area contributed by atoms with Crippen molar-refractivity contribution in [3.05, 3.63) is 36.4 Å². The second kappa shape index (κ2) is 7.39. The lowest BCUT2D eigenvalue weighted by Crippen LogP contribution is -2.39. The van der Waals surface area contributed by atoms with Crippen molar-refractivity contribution in [1.29, 1.82) is 0 Å². The minimum atomic E-state index is -1.46. The number of nitrogens with two attached hydrogens (primary N) is 1. The Morgan fingerprint density at radius 2 is 2.13 bits per heavy atom. The third-order valence-electron chi connectivity index (χ3n) is 5.06. The molecule has 0 unspecified atom stereocenters. The van der Waals surface area contributed by atoms with Gasteiger partial charge in [-0.05, 0) is 6.07 Å². The zero-order chi connectivity index (χ0) is 21.7. The number of carbonyl (C=O) groups excluding carboxylic acids is 1. The number of nitrogens with one attached hydrogen (secondary N) is 1. The predicted molar refractivity (Wildman–Crippen MR) is 111 cm³/mol. The summed E-state index contributed by atoms with van der Waals surface area (Å²) >= 11 is 1.23. The zero-order valence-electron chi connectivity index (χ0n) is 16.2. The predicted octanol–water partition coefficient (Wildman–Crippen LogP) is 0.128. The van der Waals surface area contributed by atoms with Crippen molar-refractivity contribution < 1.29 is 19.7 Å². The third-order valence-corrected chi connectivity index (χ3v) is 5.75. The molecular formula is C18H18N8O4S. The molecule has 5 N–H and O–H groups in total. The smallest absolute Gasteiger partial charge is 0.258 e. The molecule has 4 aromatic rings. The number of ether oxygens (including phenoxy) is 1. The largest absolute Gasteiger partial charge is 0.387 e. The van der Waals surface area contributed by atoms with Crippen molar-refractivity contribution in [3.63, 3.8) is 0 Å². The van der Waals surface area contributed by atoms with E-state index in [4.69, 9.17) is 10.5 Å². The van der Waals surface area contributed by atoms with Crippen LogP contribution < -0.4 is 11.1 Å². The SMILES string of the molecule is Cn1ccc(-c2cn([C@@H]3O[C@H](C(=O)Nc4nccs4)[C@@H](O)[C@H]3O)c3ncnc(N)c23)n1. The number of carbonyl (C=O) groups is 1. The van der Waals surface area contributed by atoms with Crippen molar-refractivity contribution in [2.75, 3.05) is 11.1 Å². The monoisotopic (exact) mass is 442 g/mol. The van der Waals surface area contributed by atoms with E-state index in [9.17, 15) is 15.0 Å². The molecule has 1 saturated heterocycles. The number of aliphatic hydroxyl groups is 2. The van der Waals surface area contributed by atoms with Crippen LogP contribution in [0.2, 0.25) is 0 Å². The highest BCUT2D eigenvalue weighted by Crippen LogP contribution is 2.38. The Morgan fingerprint density at radius 3 is 2.84 bits per heavy atom. The molecule has 4 atom stereocenters. The number of fused-ring (bicyclic) bond motifs is 1. The van der Waals surface area contributed by atoms with Crippen LogP contribution in [0.15, 0.2) is 36.4 Å². The minimum Gasteiger partial charge on any atom is -0.387 e. The van der Waals surface area contributed by atoms with Gasteiger partial charge in [0.05, 0.1) is 11.1 Å². The zero-order valence-corrected chi connectivity index (χ0v) is 17.0. The molecule has 0 bridgehead atoms. The average molecular weight is 442 g/mol. The quantitative estimate of drug-likeness (QED) is 0.343. The molecule has 0 radical (unpaired) electrons. The molecule has 5 heterocycles. The standard InChI is InChI=1S/C18H18N8O4S/c1-25-4-2-9(24-25)8-6-26(15-10(8)14(19)21-7-22-15)17-12(28)11(27)13(30-17)16(29)23-18-20-3-5-31-18/h2-7,11-13,17,27-28H,1H3,(H2,19,21,22)(H,20,23,29)/t11-,12+,13-,17+/m0/s1. The second-order valence-electron chi connectivity index (χ2n) is 7.04. The summed E-state index contributed by atoms with van der Waals surface area (Å²) in [6, 6.07) is 1.80. The van der Waals surface area contributed by atoms with Gasteiger partial charge in [-0.15, -0.1) is 11.3 Å². The third kappa shape index (κ3) is 3.23. The van der Waals surface area contributed by atoms with Crippen LogP contribution in [0.1, 0.15) is 6.23 Å². The number of nitrogens with zero attached hydrogens (tertiary/aromatic N) is 6. The summed E-state index contributed by atoms with van der Waals surface area (Å²) in [5, 5.41) is 30.8. The van der Waals surface area contributed by atoms with Crippen LogP contribution in [-0.4, -0.2) is 63.7 Å². The van der Waals surface area contributed by atoms with Crippen LogP contribution in [0.3, 0.4) is 0 Å². The van der Waals surface area contributed by atoms with Gasteiger partial charge in [0.25, 0.3) is 5.91 Å². The molecule has 4 aromatic heterocycles. The number of aliphatic hydroxyl groups excluding tert-OH is 2. The van der Waals surface area contributed by atoms with Crippen LogP contribution in [-0.2, 0) is 16.6 Å². The molecule has 0 saturated carbocycles. The van der Waals surface area contributed by atoms with E-state index in [2.05, 4.69) is 25.4 Å². The van der Waals surface area contributed by atoms with Gasteiger partial charge >= 0.3 is 0 Å². The van der Waals surface area contributed by atoms with E-state index in [0.717, 1.165) is 0 Å². The van der Waals surface area contributed by atoms with Crippen molar-refractivity contribution in [1.82, 2.24) is 29.3 Å². The molecule has 1 amide bonds. The molecule has 5 rings (SSSR count). The van der Waals surface area contributed by atoms with E-state index in [1.807, 2.05) is 0 Å². The Hall–Kier alpha value is -3.39. The first-order chi connectivity index (χ1) is 14.9. The molecule has 1 aliphatic rings. The number of anilines is 2. The molecule has 13 heteroatoms. The maximum atomic E-state index is 12.6. The van der Waals surface area contributed by atoms with Crippen LogP contribution in [0, 0.1) is 0 Å². The number of hydrogen-bond acceptors (Lipinski definition) is 10. The molecule has 0 aromatic carbocycles. The summed E-state index contributed by atoms with van der Waals surface area (Å²) in [6.07, 6.45) is 1.03. The Balaban J connectivity index is 1.53. The van der Waals surface area contributed by atoms with Gasteiger partial charge < -0.3 is 25.3 Å². The fourth-order valence-corrected chi connectivity index (χ4v) is 4.15. The van der Waals surface area contributed by atoms with Crippen molar-refractivity contribution in [2.24, 2.45) is 7.05 Å². The van der Waals surface area contributed by atoms with E-state index < -0.39 is 30.4 Å². The maximum absolute atomic E-state index is 12.6. The minimum absolute atomic E-state index is 0.232.